The van der Waals surface area contributed by atoms with Crippen LogP contribution in [0.1, 0.15) is 6.92 Å². The van der Waals surface area contributed by atoms with Crippen molar-refractivity contribution < 1.29 is 0 Å². The lowest BCUT2D eigenvalue weighted by Crippen LogP contribution is -2.53. The summed E-state index contributed by atoms with van der Waals surface area (Å²) in [6.07, 6.45) is 5.91. The standard InChI is InChI=1S/C10H18N4/c1-9-6-12-4-5-14(9)8-10-7-11-2-3-13-10/h4-6,9-11,13H,2-3,7-8H2,1H3. The molecule has 14 heavy (non-hydrogen) atoms. The van der Waals surface area contributed by atoms with Crippen molar-refractivity contribution in [1.29, 1.82) is 0 Å². The molecule has 2 rings (SSSR count). The number of aliphatic imine (C=N–C) groups is 1. The quantitative estimate of drug-likeness (QED) is 0.639. The highest BCUT2D eigenvalue weighted by molar-refractivity contribution is 5.65. The first-order valence-corrected chi connectivity index (χ1v) is 5.26. The maximum Gasteiger partial charge on any atom is 0.0612 e. The Balaban J connectivity index is 1.83. The molecule has 0 aromatic carbocycles. The van der Waals surface area contributed by atoms with Crippen molar-refractivity contribution in [3.8, 4) is 0 Å². The van der Waals surface area contributed by atoms with Crippen LogP contribution < -0.4 is 10.6 Å². The highest BCUT2D eigenvalue weighted by atomic mass is 15.2. The van der Waals surface area contributed by atoms with E-state index in [0.717, 1.165) is 26.2 Å². The van der Waals surface area contributed by atoms with Gasteiger partial charge in [-0.15, -0.1) is 0 Å². The summed E-state index contributed by atoms with van der Waals surface area (Å²) in [6, 6.07) is 0.978. The molecule has 0 saturated carbocycles. The Kier molecular flexibility index (Phi) is 3.16. The fourth-order valence-corrected chi connectivity index (χ4v) is 1.84. The van der Waals surface area contributed by atoms with Gasteiger partial charge in [0.05, 0.1) is 6.04 Å². The molecule has 0 aromatic rings. The number of hydrogen-bond acceptors (Lipinski definition) is 4. The van der Waals surface area contributed by atoms with Gasteiger partial charge in [-0.1, -0.05) is 0 Å². The monoisotopic (exact) mass is 194 g/mol. The lowest BCUT2D eigenvalue weighted by Gasteiger charge is -2.33. The molecule has 0 spiro atoms. The zero-order valence-electron chi connectivity index (χ0n) is 8.61. The minimum absolute atomic E-state index is 0.420. The number of rotatable bonds is 2. The number of piperazine rings is 1. The van der Waals surface area contributed by atoms with Gasteiger partial charge in [0.2, 0.25) is 0 Å². The van der Waals surface area contributed by atoms with Gasteiger partial charge in [-0.2, -0.15) is 0 Å². The summed E-state index contributed by atoms with van der Waals surface area (Å²) < 4.78 is 0. The topological polar surface area (TPSA) is 39.7 Å². The summed E-state index contributed by atoms with van der Waals surface area (Å²) in [4.78, 5) is 6.44. The molecule has 2 N–H and O–H groups in total. The largest absolute Gasteiger partial charge is 0.367 e. The second-order valence-corrected chi connectivity index (χ2v) is 3.89. The highest BCUT2D eigenvalue weighted by Gasteiger charge is 2.17. The first kappa shape index (κ1) is 9.68. The molecule has 2 heterocycles. The Hall–Kier alpha value is -0.870. The summed E-state index contributed by atoms with van der Waals surface area (Å²) in [5.41, 5.74) is 0. The summed E-state index contributed by atoms with van der Waals surface area (Å²) in [6.45, 7) is 6.45. The summed E-state index contributed by atoms with van der Waals surface area (Å²) in [5.74, 6) is 0. The Labute approximate surface area is 85.1 Å². The molecule has 1 fully saturated rings. The van der Waals surface area contributed by atoms with E-state index in [1.165, 1.54) is 0 Å². The molecule has 2 aliphatic rings. The van der Waals surface area contributed by atoms with E-state index in [-0.39, 0.29) is 0 Å². The van der Waals surface area contributed by atoms with Gasteiger partial charge in [0.1, 0.15) is 0 Å². The second kappa shape index (κ2) is 4.57. The predicted octanol–water partition coefficient (Wildman–Crippen LogP) is -0.206. The molecule has 78 valence electrons. The minimum Gasteiger partial charge on any atom is -0.367 e. The van der Waals surface area contributed by atoms with Gasteiger partial charge in [0.25, 0.3) is 0 Å². The van der Waals surface area contributed by atoms with Crippen molar-refractivity contribution in [3.05, 3.63) is 12.4 Å². The second-order valence-electron chi connectivity index (χ2n) is 3.89. The maximum atomic E-state index is 4.12. The third-order valence-corrected chi connectivity index (χ3v) is 2.73. The zero-order chi connectivity index (χ0) is 9.80. The van der Waals surface area contributed by atoms with Gasteiger partial charge in [-0.3, -0.25) is 4.99 Å². The number of nitrogens with one attached hydrogen (secondary N) is 2. The van der Waals surface area contributed by atoms with Gasteiger partial charge in [-0.05, 0) is 6.92 Å². The van der Waals surface area contributed by atoms with Crippen LogP contribution in [0.2, 0.25) is 0 Å². The molecule has 4 heteroatoms. The van der Waals surface area contributed by atoms with Gasteiger partial charge < -0.3 is 15.5 Å². The van der Waals surface area contributed by atoms with Crippen LogP contribution in [0.25, 0.3) is 0 Å². The highest BCUT2D eigenvalue weighted by Crippen LogP contribution is 2.05. The third-order valence-electron chi connectivity index (χ3n) is 2.73. The summed E-state index contributed by atoms with van der Waals surface area (Å²) in [5, 5.41) is 6.90. The molecule has 1 saturated heterocycles. The van der Waals surface area contributed by atoms with Crippen LogP contribution in [0, 0.1) is 0 Å². The molecule has 0 bridgehead atoms. The molecule has 4 nitrogen and oxygen atoms in total. The van der Waals surface area contributed by atoms with Crippen molar-refractivity contribution in [2.45, 2.75) is 19.0 Å². The molecule has 0 aliphatic carbocycles. The van der Waals surface area contributed by atoms with E-state index in [1.807, 2.05) is 12.4 Å². The Morgan fingerprint density at radius 2 is 2.43 bits per heavy atom. The molecule has 2 aliphatic heterocycles. The van der Waals surface area contributed by atoms with E-state index in [9.17, 15) is 0 Å². The van der Waals surface area contributed by atoms with Crippen LogP contribution >= 0.6 is 0 Å². The van der Waals surface area contributed by atoms with Gasteiger partial charge >= 0.3 is 0 Å². The van der Waals surface area contributed by atoms with E-state index in [0.29, 0.717) is 12.1 Å². The zero-order valence-corrected chi connectivity index (χ0v) is 8.61. The van der Waals surface area contributed by atoms with Crippen molar-refractivity contribution in [3.63, 3.8) is 0 Å². The average Bonchev–Trinajstić information content (AvgIpc) is 2.23. The Morgan fingerprint density at radius 3 is 3.14 bits per heavy atom. The molecule has 0 aromatic heterocycles. The normalized spacial score (nSPS) is 32.2. The van der Waals surface area contributed by atoms with Crippen LogP contribution in [-0.4, -0.2) is 49.4 Å². The molecule has 2 unspecified atom stereocenters. The SMILES string of the molecule is CC1C=NC=CN1CC1CNCCN1. The van der Waals surface area contributed by atoms with E-state index >= 15 is 0 Å². The van der Waals surface area contributed by atoms with E-state index in [4.69, 9.17) is 0 Å². The number of hydrogen-bond donors (Lipinski definition) is 2. The molecule has 2 atom stereocenters. The van der Waals surface area contributed by atoms with Crippen LogP contribution in [0.5, 0.6) is 0 Å². The van der Waals surface area contributed by atoms with E-state index in [1.54, 1.807) is 0 Å². The average molecular weight is 194 g/mol. The first-order chi connectivity index (χ1) is 6.86. The Morgan fingerprint density at radius 1 is 1.50 bits per heavy atom. The number of nitrogens with zero attached hydrogens (tertiary/aromatic N) is 2. The fourth-order valence-electron chi connectivity index (χ4n) is 1.84. The summed E-state index contributed by atoms with van der Waals surface area (Å²) in [7, 11) is 0. The molecular formula is C10H18N4. The van der Waals surface area contributed by atoms with Crippen molar-refractivity contribution in [2.24, 2.45) is 4.99 Å². The van der Waals surface area contributed by atoms with Gasteiger partial charge in [0, 0.05) is 50.8 Å². The molecular weight excluding hydrogens is 176 g/mol. The third kappa shape index (κ3) is 2.33. The van der Waals surface area contributed by atoms with Crippen LogP contribution in [0.15, 0.2) is 17.4 Å². The maximum absolute atomic E-state index is 4.12. The van der Waals surface area contributed by atoms with Gasteiger partial charge in [-0.25, -0.2) is 0 Å². The van der Waals surface area contributed by atoms with E-state index < -0.39 is 0 Å². The molecule has 0 amide bonds. The smallest absolute Gasteiger partial charge is 0.0612 e. The van der Waals surface area contributed by atoms with Crippen molar-refractivity contribution in [1.82, 2.24) is 15.5 Å². The van der Waals surface area contributed by atoms with Crippen LogP contribution in [0.3, 0.4) is 0 Å². The summed E-state index contributed by atoms with van der Waals surface area (Å²) >= 11 is 0. The lowest BCUT2D eigenvalue weighted by atomic mass is 10.2. The molecule has 0 radical (unpaired) electrons. The van der Waals surface area contributed by atoms with Crippen LogP contribution in [0.4, 0.5) is 0 Å². The van der Waals surface area contributed by atoms with Gasteiger partial charge in [0.15, 0.2) is 0 Å². The van der Waals surface area contributed by atoms with Crippen molar-refractivity contribution >= 4 is 6.21 Å². The first-order valence-electron chi connectivity index (χ1n) is 5.26. The fraction of sp³-hybridized carbons (Fsp3) is 0.700. The Bertz CT molecular complexity index is 230. The van der Waals surface area contributed by atoms with Crippen molar-refractivity contribution in [2.75, 3.05) is 26.2 Å². The lowest BCUT2D eigenvalue weighted by molar-refractivity contribution is 0.280. The predicted molar refractivity (Wildman–Crippen MR) is 58.5 cm³/mol. The minimum atomic E-state index is 0.420. The van der Waals surface area contributed by atoms with Crippen LogP contribution in [-0.2, 0) is 0 Å². The van der Waals surface area contributed by atoms with E-state index in [2.05, 4.69) is 33.6 Å².